The number of carbonyl (C=O) groups excluding carboxylic acids is 1. The standard InChI is InChI=1S/C29H35F2N3O5/c1-37-25-15-20(16-26(39-29(30)31)28(25)24(36)14-19-6-7-23(19)35)22-18-32-27-17-21(8-12-34(22)27)38-13-5-11-33-9-3-2-4-10-33/h8,12,15-19,23,29,35H,2-7,9-11,13-14H2,1H3/t19-,23-/m0/s1. The molecule has 1 saturated heterocycles. The third-order valence-corrected chi connectivity index (χ3v) is 7.72. The van der Waals surface area contributed by atoms with Gasteiger partial charge < -0.3 is 24.2 Å². The summed E-state index contributed by atoms with van der Waals surface area (Å²) in [5.41, 5.74) is 1.71. The second-order valence-electron chi connectivity index (χ2n) is 10.3. The van der Waals surface area contributed by atoms with Crippen molar-refractivity contribution in [3.63, 3.8) is 0 Å². The number of hydrogen-bond acceptors (Lipinski definition) is 7. The van der Waals surface area contributed by atoms with Crippen LogP contribution in [0, 0.1) is 5.92 Å². The van der Waals surface area contributed by atoms with Crippen LogP contribution in [0.5, 0.6) is 17.2 Å². The third-order valence-electron chi connectivity index (χ3n) is 7.72. The molecule has 0 unspecified atom stereocenters. The third kappa shape index (κ3) is 6.33. The molecule has 5 rings (SSSR count). The van der Waals surface area contributed by atoms with E-state index >= 15 is 0 Å². The molecule has 3 heterocycles. The Balaban J connectivity index is 1.35. The predicted octanol–water partition coefficient (Wildman–Crippen LogP) is 5.21. The van der Waals surface area contributed by atoms with Crippen molar-refractivity contribution in [2.75, 3.05) is 33.4 Å². The van der Waals surface area contributed by atoms with Gasteiger partial charge in [0.15, 0.2) is 5.78 Å². The van der Waals surface area contributed by atoms with E-state index in [0.717, 1.165) is 26.1 Å². The van der Waals surface area contributed by atoms with Gasteiger partial charge in [0.05, 0.1) is 31.7 Å². The number of Topliss-reactive ketones (excluding diaryl/α,β-unsaturated/α-hetero) is 1. The number of piperidine rings is 1. The second kappa shape index (κ2) is 12.3. The van der Waals surface area contributed by atoms with Crippen molar-refractivity contribution in [1.82, 2.24) is 14.3 Å². The molecule has 2 atom stereocenters. The average Bonchev–Trinajstić information content (AvgIpc) is 3.36. The van der Waals surface area contributed by atoms with Gasteiger partial charge in [-0.05, 0) is 69.3 Å². The van der Waals surface area contributed by atoms with Gasteiger partial charge >= 0.3 is 6.61 Å². The van der Waals surface area contributed by atoms with E-state index in [-0.39, 0.29) is 29.4 Å². The summed E-state index contributed by atoms with van der Waals surface area (Å²) in [6.45, 7) is 0.842. The van der Waals surface area contributed by atoms with Crippen LogP contribution in [0.1, 0.15) is 55.3 Å². The highest BCUT2D eigenvalue weighted by Crippen LogP contribution is 2.39. The zero-order chi connectivity index (χ0) is 27.4. The number of hydrogen-bond donors (Lipinski definition) is 1. The molecular formula is C29H35F2N3O5. The lowest BCUT2D eigenvalue weighted by Gasteiger charge is -2.32. The lowest BCUT2D eigenvalue weighted by molar-refractivity contribution is -0.0503. The highest BCUT2D eigenvalue weighted by atomic mass is 19.3. The Morgan fingerprint density at radius 3 is 2.64 bits per heavy atom. The van der Waals surface area contributed by atoms with Gasteiger partial charge in [-0.1, -0.05) is 6.42 Å². The molecule has 8 nitrogen and oxygen atoms in total. The first-order valence-corrected chi connectivity index (χ1v) is 13.6. The average molecular weight is 544 g/mol. The van der Waals surface area contributed by atoms with Gasteiger partial charge in [-0.2, -0.15) is 8.78 Å². The number of aliphatic hydroxyl groups is 1. The number of likely N-dealkylation sites (tertiary alicyclic amines) is 1. The topological polar surface area (TPSA) is 85.5 Å². The molecule has 0 radical (unpaired) electrons. The first-order chi connectivity index (χ1) is 18.9. The molecule has 2 aliphatic rings. The van der Waals surface area contributed by atoms with E-state index in [1.807, 2.05) is 22.7 Å². The van der Waals surface area contributed by atoms with Crippen LogP contribution in [0.3, 0.4) is 0 Å². The van der Waals surface area contributed by atoms with Crippen molar-refractivity contribution in [1.29, 1.82) is 0 Å². The Kier molecular flexibility index (Phi) is 8.62. The fourth-order valence-corrected chi connectivity index (χ4v) is 5.42. The maximum Gasteiger partial charge on any atom is 0.387 e. The van der Waals surface area contributed by atoms with E-state index in [2.05, 4.69) is 9.88 Å². The number of benzene rings is 1. The van der Waals surface area contributed by atoms with Crippen molar-refractivity contribution in [2.24, 2.45) is 5.92 Å². The van der Waals surface area contributed by atoms with Crippen molar-refractivity contribution in [3.05, 3.63) is 42.2 Å². The normalized spacial score (nSPS) is 19.7. The van der Waals surface area contributed by atoms with E-state index < -0.39 is 18.5 Å². The molecule has 1 N–H and O–H groups in total. The molecule has 1 aliphatic carbocycles. The highest BCUT2D eigenvalue weighted by Gasteiger charge is 2.33. The highest BCUT2D eigenvalue weighted by molar-refractivity contribution is 6.02. The number of fused-ring (bicyclic) bond motifs is 1. The van der Waals surface area contributed by atoms with E-state index in [4.69, 9.17) is 14.2 Å². The number of nitrogens with zero attached hydrogens (tertiary/aromatic N) is 3. The zero-order valence-electron chi connectivity index (χ0n) is 22.2. The first kappa shape index (κ1) is 27.3. The summed E-state index contributed by atoms with van der Waals surface area (Å²) in [6, 6.07) is 6.71. The van der Waals surface area contributed by atoms with Crippen molar-refractivity contribution >= 4 is 11.4 Å². The Bertz CT molecular complexity index is 1290. The lowest BCUT2D eigenvalue weighted by Crippen LogP contribution is -2.33. The molecular weight excluding hydrogens is 508 g/mol. The van der Waals surface area contributed by atoms with Crippen LogP contribution in [0.4, 0.5) is 8.78 Å². The Morgan fingerprint density at radius 1 is 1.15 bits per heavy atom. The maximum atomic E-state index is 13.4. The first-order valence-electron chi connectivity index (χ1n) is 13.6. The van der Waals surface area contributed by atoms with Crippen molar-refractivity contribution < 1.29 is 32.9 Å². The lowest BCUT2D eigenvalue weighted by atomic mass is 9.78. The molecule has 1 aliphatic heterocycles. The summed E-state index contributed by atoms with van der Waals surface area (Å²) in [6.07, 6.45) is 9.07. The molecule has 1 saturated carbocycles. The number of rotatable bonds is 12. The fourth-order valence-electron chi connectivity index (χ4n) is 5.42. The molecule has 2 fully saturated rings. The summed E-state index contributed by atoms with van der Waals surface area (Å²) in [5, 5.41) is 9.89. The number of carbonyl (C=O) groups is 1. The van der Waals surface area contributed by atoms with Crippen LogP contribution in [0.15, 0.2) is 36.7 Å². The van der Waals surface area contributed by atoms with Crippen LogP contribution in [0.25, 0.3) is 16.9 Å². The fraction of sp³-hybridized carbons (Fsp3) is 0.517. The van der Waals surface area contributed by atoms with Crippen LogP contribution in [-0.2, 0) is 0 Å². The molecule has 0 amide bonds. The van der Waals surface area contributed by atoms with E-state index in [1.165, 1.54) is 32.4 Å². The summed E-state index contributed by atoms with van der Waals surface area (Å²) in [5.74, 6) is -0.0247. The molecule has 210 valence electrons. The van der Waals surface area contributed by atoms with Gasteiger partial charge in [-0.25, -0.2) is 4.98 Å². The van der Waals surface area contributed by atoms with Gasteiger partial charge in [0.2, 0.25) is 0 Å². The van der Waals surface area contributed by atoms with Gasteiger partial charge in [0.25, 0.3) is 0 Å². The Morgan fingerprint density at radius 2 is 1.95 bits per heavy atom. The van der Waals surface area contributed by atoms with Crippen molar-refractivity contribution in [3.8, 4) is 28.5 Å². The molecule has 0 spiro atoms. The molecule has 3 aromatic rings. The van der Waals surface area contributed by atoms with E-state index in [0.29, 0.717) is 42.1 Å². The largest absolute Gasteiger partial charge is 0.496 e. The summed E-state index contributed by atoms with van der Waals surface area (Å²) >= 11 is 0. The maximum absolute atomic E-state index is 13.4. The van der Waals surface area contributed by atoms with Crippen LogP contribution in [0.2, 0.25) is 0 Å². The monoisotopic (exact) mass is 543 g/mol. The van der Waals surface area contributed by atoms with E-state index in [9.17, 15) is 18.7 Å². The minimum atomic E-state index is -3.12. The molecule has 1 aromatic carbocycles. The van der Waals surface area contributed by atoms with E-state index in [1.54, 1.807) is 12.3 Å². The van der Waals surface area contributed by atoms with Gasteiger partial charge in [0.1, 0.15) is 28.5 Å². The number of halogens is 2. The Hall–Kier alpha value is -3.24. The van der Waals surface area contributed by atoms with Crippen LogP contribution >= 0.6 is 0 Å². The second-order valence-corrected chi connectivity index (χ2v) is 10.3. The quantitative estimate of drug-likeness (QED) is 0.248. The number of aromatic nitrogens is 2. The van der Waals surface area contributed by atoms with Crippen LogP contribution in [-0.4, -0.2) is 71.2 Å². The van der Waals surface area contributed by atoms with Gasteiger partial charge in [0, 0.05) is 30.8 Å². The number of imidazole rings is 1. The van der Waals surface area contributed by atoms with Gasteiger partial charge in [-0.15, -0.1) is 0 Å². The number of aliphatic hydroxyl groups excluding tert-OH is 1. The number of methoxy groups -OCH3 is 1. The summed E-state index contributed by atoms with van der Waals surface area (Å²) in [7, 11) is 1.38. The van der Waals surface area contributed by atoms with Crippen molar-refractivity contribution in [2.45, 2.75) is 57.7 Å². The SMILES string of the molecule is COc1cc(-c2cnc3cc(OCCCN4CCCCC4)ccn23)cc(OC(F)F)c1C(=O)C[C@@H]1CC[C@@H]1O. The number of ketones is 1. The zero-order valence-corrected chi connectivity index (χ0v) is 22.2. The minimum Gasteiger partial charge on any atom is -0.496 e. The molecule has 39 heavy (non-hydrogen) atoms. The summed E-state index contributed by atoms with van der Waals surface area (Å²) < 4.78 is 44.7. The number of pyridine rings is 1. The Labute approximate surface area is 226 Å². The predicted molar refractivity (Wildman–Crippen MR) is 142 cm³/mol. The number of alkyl halides is 2. The van der Waals surface area contributed by atoms with Crippen LogP contribution < -0.4 is 14.2 Å². The molecule has 2 aromatic heterocycles. The molecule has 0 bridgehead atoms. The van der Waals surface area contributed by atoms with Gasteiger partial charge in [-0.3, -0.25) is 9.20 Å². The number of ether oxygens (including phenoxy) is 3. The minimum absolute atomic E-state index is 0.0346. The summed E-state index contributed by atoms with van der Waals surface area (Å²) in [4.78, 5) is 20.0. The molecule has 10 heteroatoms. The smallest absolute Gasteiger partial charge is 0.387 e.